The summed E-state index contributed by atoms with van der Waals surface area (Å²) >= 11 is 1.75. The van der Waals surface area contributed by atoms with E-state index >= 15 is 0 Å². The molecule has 1 atom stereocenters. The molecule has 1 unspecified atom stereocenters. The first-order valence-electron chi connectivity index (χ1n) is 8.01. The van der Waals surface area contributed by atoms with Crippen LogP contribution in [-0.2, 0) is 6.42 Å². The van der Waals surface area contributed by atoms with Gasteiger partial charge in [-0.1, -0.05) is 25.1 Å². The maximum Gasteiger partial charge on any atom is 0.188 e. The summed E-state index contributed by atoms with van der Waals surface area (Å²) in [4.78, 5) is 5.71. The molecule has 0 aliphatic rings. The van der Waals surface area contributed by atoms with Crippen molar-refractivity contribution in [1.82, 2.24) is 5.32 Å². The molecule has 0 saturated heterocycles. The molecule has 138 valence electrons. The Balaban J connectivity index is 0.00000312. The van der Waals surface area contributed by atoms with Crippen molar-refractivity contribution in [1.29, 1.82) is 0 Å². The zero-order chi connectivity index (χ0) is 17.2. The van der Waals surface area contributed by atoms with Crippen LogP contribution < -0.4 is 20.5 Å². The van der Waals surface area contributed by atoms with E-state index in [0.717, 1.165) is 24.5 Å². The van der Waals surface area contributed by atoms with E-state index in [2.05, 4.69) is 34.7 Å². The second kappa shape index (κ2) is 12.0. The van der Waals surface area contributed by atoms with Crippen molar-refractivity contribution in [3.05, 3.63) is 46.7 Å². The second-order valence-corrected chi connectivity index (χ2v) is 6.58. The minimum Gasteiger partial charge on any atom is -0.493 e. The van der Waals surface area contributed by atoms with Gasteiger partial charge in [-0.15, -0.1) is 35.3 Å². The maximum absolute atomic E-state index is 5.90. The van der Waals surface area contributed by atoms with E-state index in [9.17, 15) is 0 Å². The van der Waals surface area contributed by atoms with Crippen molar-refractivity contribution < 1.29 is 9.47 Å². The number of rotatable bonds is 9. The minimum absolute atomic E-state index is 0. The molecule has 25 heavy (non-hydrogen) atoms. The maximum atomic E-state index is 5.90. The highest BCUT2D eigenvalue weighted by molar-refractivity contribution is 14.0. The van der Waals surface area contributed by atoms with Gasteiger partial charge < -0.3 is 20.5 Å². The lowest BCUT2D eigenvalue weighted by Gasteiger charge is -2.14. The monoisotopic (exact) mass is 475 g/mol. The minimum atomic E-state index is 0. The molecule has 0 spiro atoms. The molecule has 5 nitrogen and oxygen atoms in total. The Morgan fingerprint density at radius 1 is 1.24 bits per heavy atom. The molecule has 0 aliphatic carbocycles. The van der Waals surface area contributed by atoms with Gasteiger partial charge in [0.2, 0.25) is 0 Å². The molecule has 0 saturated carbocycles. The zero-order valence-electron chi connectivity index (χ0n) is 14.6. The van der Waals surface area contributed by atoms with Crippen LogP contribution >= 0.6 is 35.3 Å². The van der Waals surface area contributed by atoms with E-state index < -0.39 is 0 Å². The average molecular weight is 475 g/mol. The molecule has 1 aromatic heterocycles. The Labute approximate surface area is 170 Å². The van der Waals surface area contributed by atoms with Crippen LogP contribution in [0.5, 0.6) is 11.5 Å². The Hall–Kier alpha value is -1.48. The SMILES string of the molecule is COc1ccccc1OCC(C)CN=C(N)NCCc1cccs1.I. The number of thiophene rings is 1. The highest BCUT2D eigenvalue weighted by Gasteiger charge is 2.06. The fourth-order valence-electron chi connectivity index (χ4n) is 2.10. The summed E-state index contributed by atoms with van der Waals surface area (Å²) in [6.07, 6.45) is 0.959. The third kappa shape index (κ3) is 7.96. The predicted molar refractivity (Wildman–Crippen MR) is 116 cm³/mol. The molecular weight excluding hydrogens is 449 g/mol. The van der Waals surface area contributed by atoms with Gasteiger partial charge in [0.15, 0.2) is 17.5 Å². The van der Waals surface area contributed by atoms with Crippen LogP contribution in [0.25, 0.3) is 0 Å². The number of ether oxygens (including phenoxy) is 2. The summed E-state index contributed by atoms with van der Waals surface area (Å²) in [6.45, 7) is 4.05. The van der Waals surface area contributed by atoms with Gasteiger partial charge in [-0.2, -0.15) is 0 Å². The summed E-state index contributed by atoms with van der Waals surface area (Å²) < 4.78 is 11.1. The smallest absolute Gasteiger partial charge is 0.188 e. The summed E-state index contributed by atoms with van der Waals surface area (Å²) in [5, 5.41) is 5.22. The largest absolute Gasteiger partial charge is 0.493 e. The predicted octanol–water partition coefficient (Wildman–Crippen LogP) is 3.54. The normalized spacial score (nSPS) is 12.2. The van der Waals surface area contributed by atoms with Crippen LogP contribution in [0.4, 0.5) is 0 Å². The van der Waals surface area contributed by atoms with Gasteiger partial charge in [0.25, 0.3) is 0 Å². The van der Waals surface area contributed by atoms with Gasteiger partial charge in [-0.3, -0.25) is 4.99 Å². The molecule has 0 amide bonds. The number of nitrogens with one attached hydrogen (secondary N) is 1. The van der Waals surface area contributed by atoms with E-state index in [-0.39, 0.29) is 29.9 Å². The van der Waals surface area contributed by atoms with Crippen LogP contribution in [-0.4, -0.2) is 32.8 Å². The van der Waals surface area contributed by atoms with Crippen molar-refractivity contribution >= 4 is 41.3 Å². The second-order valence-electron chi connectivity index (χ2n) is 5.55. The van der Waals surface area contributed by atoms with Crippen molar-refractivity contribution in [2.24, 2.45) is 16.6 Å². The van der Waals surface area contributed by atoms with Crippen molar-refractivity contribution in [2.45, 2.75) is 13.3 Å². The van der Waals surface area contributed by atoms with Gasteiger partial charge in [0, 0.05) is 23.9 Å². The Morgan fingerprint density at radius 3 is 2.68 bits per heavy atom. The first-order valence-corrected chi connectivity index (χ1v) is 8.89. The topological polar surface area (TPSA) is 68.9 Å². The van der Waals surface area contributed by atoms with Crippen LogP contribution in [0.15, 0.2) is 46.8 Å². The van der Waals surface area contributed by atoms with Crippen LogP contribution in [0.1, 0.15) is 11.8 Å². The quantitative estimate of drug-likeness (QED) is 0.331. The Kier molecular flexibility index (Phi) is 10.3. The van der Waals surface area contributed by atoms with Gasteiger partial charge in [0.05, 0.1) is 13.7 Å². The van der Waals surface area contributed by atoms with E-state index in [0.29, 0.717) is 19.1 Å². The highest BCUT2D eigenvalue weighted by Crippen LogP contribution is 2.26. The molecule has 2 rings (SSSR count). The third-order valence-corrected chi connectivity index (χ3v) is 4.36. The number of guanidine groups is 1. The molecule has 1 aromatic carbocycles. The average Bonchev–Trinajstić information content (AvgIpc) is 3.11. The fraction of sp³-hybridized carbons (Fsp3) is 0.389. The number of para-hydroxylation sites is 2. The molecule has 2 aromatic rings. The first kappa shape index (κ1) is 21.6. The third-order valence-electron chi connectivity index (χ3n) is 3.42. The van der Waals surface area contributed by atoms with E-state index in [1.54, 1.807) is 18.4 Å². The fourth-order valence-corrected chi connectivity index (χ4v) is 2.81. The van der Waals surface area contributed by atoms with Crippen molar-refractivity contribution in [3.8, 4) is 11.5 Å². The highest BCUT2D eigenvalue weighted by atomic mass is 127. The lowest BCUT2D eigenvalue weighted by atomic mass is 10.2. The van der Waals surface area contributed by atoms with Crippen molar-refractivity contribution in [2.75, 3.05) is 26.8 Å². The number of nitrogens with two attached hydrogens (primary N) is 1. The van der Waals surface area contributed by atoms with E-state index in [4.69, 9.17) is 15.2 Å². The summed E-state index contributed by atoms with van der Waals surface area (Å²) in [5.41, 5.74) is 5.90. The molecular formula is C18H26IN3O2S. The van der Waals surface area contributed by atoms with Gasteiger partial charge in [0.1, 0.15) is 0 Å². The van der Waals surface area contributed by atoms with E-state index in [1.807, 2.05) is 24.3 Å². The van der Waals surface area contributed by atoms with Gasteiger partial charge >= 0.3 is 0 Å². The first-order chi connectivity index (χ1) is 11.7. The molecule has 0 radical (unpaired) electrons. The lowest BCUT2D eigenvalue weighted by molar-refractivity contribution is 0.251. The Morgan fingerprint density at radius 2 is 2.00 bits per heavy atom. The number of hydrogen-bond acceptors (Lipinski definition) is 4. The number of hydrogen-bond donors (Lipinski definition) is 2. The van der Waals surface area contributed by atoms with Crippen LogP contribution in [0.2, 0.25) is 0 Å². The standard InChI is InChI=1S/C18H25N3O2S.HI/c1-14(13-23-17-8-4-3-7-16(17)22-2)12-21-18(19)20-10-9-15-6-5-11-24-15;/h3-8,11,14H,9-10,12-13H2,1-2H3,(H3,19,20,21);1H. The lowest BCUT2D eigenvalue weighted by Crippen LogP contribution is -2.33. The van der Waals surface area contributed by atoms with Crippen molar-refractivity contribution in [3.63, 3.8) is 0 Å². The van der Waals surface area contributed by atoms with Gasteiger partial charge in [-0.25, -0.2) is 0 Å². The number of nitrogens with zero attached hydrogens (tertiary/aromatic N) is 1. The number of methoxy groups -OCH3 is 1. The molecule has 7 heteroatoms. The molecule has 0 aliphatic heterocycles. The summed E-state index contributed by atoms with van der Waals surface area (Å²) in [6, 6.07) is 11.8. The summed E-state index contributed by atoms with van der Waals surface area (Å²) in [7, 11) is 1.64. The number of benzene rings is 1. The number of aliphatic imine (C=N–C) groups is 1. The van der Waals surface area contributed by atoms with Crippen LogP contribution in [0, 0.1) is 5.92 Å². The number of halogens is 1. The zero-order valence-corrected chi connectivity index (χ0v) is 17.8. The Bertz CT molecular complexity index is 635. The summed E-state index contributed by atoms with van der Waals surface area (Å²) in [5.74, 6) is 2.23. The van der Waals surface area contributed by atoms with Crippen LogP contribution in [0.3, 0.4) is 0 Å². The van der Waals surface area contributed by atoms with E-state index in [1.165, 1.54) is 4.88 Å². The molecule has 0 bridgehead atoms. The molecule has 3 N–H and O–H groups in total. The van der Waals surface area contributed by atoms with Gasteiger partial charge in [-0.05, 0) is 30.0 Å². The molecule has 1 heterocycles. The molecule has 0 fully saturated rings.